The van der Waals surface area contributed by atoms with Gasteiger partial charge in [0.1, 0.15) is 0 Å². The fraction of sp³-hybridized carbons (Fsp3) is 0.923. The van der Waals surface area contributed by atoms with Crippen molar-refractivity contribution in [2.24, 2.45) is 5.92 Å². The summed E-state index contributed by atoms with van der Waals surface area (Å²) in [4.78, 5) is 14.0. The lowest BCUT2D eigenvalue weighted by Gasteiger charge is -2.32. The molecule has 2 aliphatic rings. The predicted octanol–water partition coefficient (Wildman–Crippen LogP) is 0.587. The van der Waals surface area contributed by atoms with Crippen LogP contribution in [0.25, 0.3) is 0 Å². The van der Waals surface area contributed by atoms with Gasteiger partial charge >= 0.3 is 0 Å². The molecule has 2 rings (SSSR count). The Bertz CT molecular complexity index is 251. The van der Waals surface area contributed by atoms with E-state index in [1.54, 1.807) is 0 Å². The molecule has 17 heavy (non-hydrogen) atoms. The first-order valence-electron chi connectivity index (χ1n) is 7.00. The molecular weight excluding hydrogens is 214 g/mol. The monoisotopic (exact) mass is 239 g/mol. The maximum atomic E-state index is 11.7. The highest BCUT2D eigenvalue weighted by Crippen LogP contribution is 2.27. The van der Waals surface area contributed by atoms with Crippen LogP contribution in [0.5, 0.6) is 0 Å². The Morgan fingerprint density at radius 2 is 2.18 bits per heavy atom. The SMILES string of the molecule is CCNC1CCCN(CC(=O)NCC2CC2)C1. The van der Waals surface area contributed by atoms with Gasteiger partial charge in [0.15, 0.2) is 0 Å². The van der Waals surface area contributed by atoms with Crippen molar-refractivity contribution in [2.75, 3.05) is 32.7 Å². The molecule has 1 heterocycles. The molecule has 1 atom stereocenters. The molecule has 1 saturated carbocycles. The van der Waals surface area contributed by atoms with Gasteiger partial charge < -0.3 is 10.6 Å². The first-order chi connectivity index (χ1) is 8.28. The molecule has 98 valence electrons. The van der Waals surface area contributed by atoms with Crippen molar-refractivity contribution in [1.29, 1.82) is 0 Å². The molecule has 2 fully saturated rings. The summed E-state index contributed by atoms with van der Waals surface area (Å²) in [5, 5.41) is 6.51. The van der Waals surface area contributed by atoms with Gasteiger partial charge in [0, 0.05) is 19.1 Å². The van der Waals surface area contributed by atoms with Crippen LogP contribution in [0.4, 0.5) is 0 Å². The lowest BCUT2D eigenvalue weighted by Crippen LogP contribution is -2.48. The second-order valence-electron chi connectivity index (χ2n) is 5.38. The van der Waals surface area contributed by atoms with Gasteiger partial charge in [-0.3, -0.25) is 9.69 Å². The minimum Gasteiger partial charge on any atom is -0.355 e. The quantitative estimate of drug-likeness (QED) is 0.713. The summed E-state index contributed by atoms with van der Waals surface area (Å²) < 4.78 is 0. The van der Waals surface area contributed by atoms with Crippen LogP contribution in [0.2, 0.25) is 0 Å². The third-order valence-corrected chi connectivity index (χ3v) is 3.65. The number of amides is 1. The average Bonchev–Trinajstić information content (AvgIpc) is 3.11. The molecule has 4 heteroatoms. The zero-order chi connectivity index (χ0) is 12.1. The highest BCUT2D eigenvalue weighted by atomic mass is 16.2. The van der Waals surface area contributed by atoms with Gasteiger partial charge in [0.25, 0.3) is 0 Å². The van der Waals surface area contributed by atoms with Crippen LogP contribution in [-0.2, 0) is 4.79 Å². The summed E-state index contributed by atoms with van der Waals surface area (Å²) in [6, 6.07) is 0.574. The lowest BCUT2D eigenvalue weighted by atomic mass is 10.1. The molecule has 0 spiro atoms. The highest BCUT2D eigenvalue weighted by Gasteiger charge is 2.23. The number of hydrogen-bond acceptors (Lipinski definition) is 3. The second-order valence-corrected chi connectivity index (χ2v) is 5.38. The zero-order valence-electron chi connectivity index (χ0n) is 10.9. The average molecular weight is 239 g/mol. The van der Waals surface area contributed by atoms with Crippen LogP contribution < -0.4 is 10.6 Å². The molecule has 0 aromatic carbocycles. The molecule has 0 bridgehead atoms. The van der Waals surface area contributed by atoms with E-state index < -0.39 is 0 Å². The summed E-state index contributed by atoms with van der Waals surface area (Å²) in [6.45, 7) is 6.72. The van der Waals surface area contributed by atoms with E-state index in [-0.39, 0.29) is 5.91 Å². The van der Waals surface area contributed by atoms with Crippen LogP contribution in [0, 0.1) is 5.92 Å². The fourth-order valence-electron chi connectivity index (χ4n) is 2.49. The number of piperidine rings is 1. The predicted molar refractivity (Wildman–Crippen MR) is 68.9 cm³/mol. The van der Waals surface area contributed by atoms with E-state index in [1.807, 2.05) is 0 Å². The third-order valence-electron chi connectivity index (χ3n) is 3.65. The Labute approximate surface area is 104 Å². The number of nitrogens with one attached hydrogen (secondary N) is 2. The van der Waals surface area contributed by atoms with Gasteiger partial charge in [-0.05, 0) is 44.7 Å². The third kappa shape index (κ3) is 4.64. The Kier molecular flexibility index (Phi) is 4.80. The van der Waals surface area contributed by atoms with E-state index in [0.29, 0.717) is 12.6 Å². The van der Waals surface area contributed by atoms with Gasteiger partial charge in [-0.25, -0.2) is 0 Å². The lowest BCUT2D eigenvalue weighted by molar-refractivity contribution is -0.122. The van der Waals surface area contributed by atoms with E-state index in [0.717, 1.165) is 32.1 Å². The van der Waals surface area contributed by atoms with Crippen molar-refractivity contribution >= 4 is 5.91 Å². The molecule has 1 aliphatic carbocycles. The number of hydrogen-bond donors (Lipinski definition) is 2. The number of carbonyl (C=O) groups excluding carboxylic acids is 1. The van der Waals surface area contributed by atoms with E-state index in [2.05, 4.69) is 22.5 Å². The summed E-state index contributed by atoms with van der Waals surface area (Å²) in [5.41, 5.74) is 0. The van der Waals surface area contributed by atoms with Crippen LogP contribution >= 0.6 is 0 Å². The Morgan fingerprint density at radius 3 is 2.88 bits per heavy atom. The molecule has 0 aromatic heterocycles. The van der Waals surface area contributed by atoms with E-state index in [4.69, 9.17) is 0 Å². The van der Waals surface area contributed by atoms with Crippen LogP contribution in [0.1, 0.15) is 32.6 Å². The molecule has 0 radical (unpaired) electrons. The molecular formula is C13H25N3O. The number of likely N-dealkylation sites (N-methyl/N-ethyl adjacent to an activating group) is 1. The Balaban J connectivity index is 1.64. The van der Waals surface area contributed by atoms with Gasteiger partial charge in [-0.15, -0.1) is 0 Å². The van der Waals surface area contributed by atoms with Crippen molar-refractivity contribution in [3.8, 4) is 0 Å². The first-order valence-corrected chi connectivity index (χ1v) is 7.00. The molecule has 1 aliphatic heterocycles. The summed E-state index contributed by atoms with van der Waals surface area (Å²) >= 11 is 0. The molecule has 1 unspecified atom stereocenters. The van der Waals surface area contributed by atoms with Crippen LogP contribution in [0.3, 0.4) is 0 Å². The fourth-order valence-corrected chi connectivity index (χ4v) is 2.49. The van der Waals surface area contributed by atoms with Crippen molar-refractivity contribution in [1.82, 2.24) is 15.5 Å². The Hall–Kier alpha value is -0.610. The molecule has 0 aromatic rings. The zero-order valence-corrected chi connectivity index (χ0v) is 10.9. The molecule has 1 saturated heterocycles. The molecule has 4 nitrogen and oxygen atoms in total. The van der Waals surface area contributed by atoms with Gasteiger partial charge in [0.2, 0.25) is 5.91 Å². The minimum absolute atomic E-state index is 0.203. The topological polar surface area (TPSA) is 44.4 Å². The number of carbonyl (C=O) groups is 1. The number of likely N-dealkylation sites (tertiary alicyclic amines) is 1. The van der Waals surface area contributed by atoms with Gasteiger partial charge in [-0.2, -0.15) is 0 Å². The van der Waals surface area contributed by atoms with Gasteiger partial charge in [0.05, 0.1) is 6.54 Å². The number of rotatable bonds is 6. The normalized spacial score (nSPS) is 25.8. The van der Waals surface area contributed by atoms with E-state index in [1.165, 1.54) is 25.7 Å². The highest BCUT2D eigenvalue weighted by molar-refractivity contribution is 5.78. The van der Waals surface area contributed by atoms with Crippen molar-refractivity contribution in [3.05, 3.63) is 0 Å². The number of nitrogens with zero attached hydrogens (tertiary/aromatic N) is 1. The smallest absolute Gasteiger partial charge is 0.234 e. The maximum absolute atomic E-state index is 11.7. The van der Waals surface area contributed by atoms with Crippen molar-refractivity contribution in [2.45, 2.75) is 38.6 Å². The van der Waals surface area contributed by atoms with E-state index in [9.17, 15) is 4.79 Å². The molecule has 2 N–H and O–H groups in total. The van der Waals surface area contributed by atoms with Crippen LogP contribution in [-0.4, -0.2) is 49.6 Å². The summed E-state index contributed by atoms with van der Waals surface area (Å²) in [5.74, 6) is 0.976. The van der Waals surface area contributed by atoms with Gasteiger partial charge in [-0.1, -0.05) is 6.92 Å². The second kappa shape index (κ2) is 6.36. The first kappa shape index (κ1) is 12.8. The minimum atomic E-state index is 0.203. The van der Waals surface area contributed by atoms with Crippen molar-refractivity contribution in [3.63, 3.8) is 0 Å². The van der Waals surface area contributed by atoms with Crippen LogP contribution in [0.15, 0.2) is 0 Å². The largest absolute Gasteiger partial charge is 0.355 e. The summed E-state index contributed by atoms with van der Waals surface area (Å²) in [6.07, 6.45) is 5.04. The van der Waals surface area contributed by atoms with E-state index >= 15 is 0 Å². The Morgan fingerprint density at radius 1 is 1.35 bits per heavy atom. The molecule has 1 amide bonds. The standard InChI is InChI=1S/C13H25N3O/c1-2-14-12-4-3-7-16(9-12)10-13(17)15-8-11-5-6-11/h11-12,14H,2-10H2,1H3,(H,15,17). The maximum Gasteiger partial charge on any atom is 0.234 e. The van der Waals surface area contributed by atoms with Crippen molar-refractivity contribution < 1.29 is 4.79 Å². The summed E-state index contributed by atoms with van der Waals surface area (Å²) in [7, 11) is 0.